The average Bonchev–Trinajstić information content (AvgIpc) is 3.35. The monoisotopic (exact) mass is 1060 g/mol. The van der Waals surface area contributed by atoms with Gasteiger partial charge in [0.2, 0.25) is 11.8 Å². The summed E-state index contributed by atoms with van der Waals surface area (Å²) < 4.78 is 87.6. The van der Waals surface area contributed by atoms with Gasteiger partial charge in [-0.2, -0.15) is 0 Å². The van der Waals surface area contributed by atoms with Crippen LogP contribution in [0.3, 0.4) is 0 Å². The molecule has 0 aliphatic carbocycles. The predicted molar refractivity (Wildman–Crippen MR) is 275 cm³/mol. The number of hydrogen-bond donors (Lipinski definition) is 3. The third-order valence-electron chi connectivity index (χ3n) is 14.6. The molecule has 410 valence electrons. The van der Waals surface area contributed by atoms with Crippen LogP contribution in [0.1, 0.15) is 99.1 Å². The van der Waals surface area contributed by atoms with Crippen LogP contribution in [-0.4, -0.2) is 158 Å². The van der Waals surface area contributed by atoms with Gasteiger partial charge in [-0.1, -0.05) is 88.4 Å². The lowest BCUT2D eigenvalue weighted by Gasteiger charge is -2.48. The van der Waals surface area contributed by atoms with E-state index in [1.807, 2.05) is 42.5 Å². The van der Waals surface area contributed by atoms with E-state index in [1.54, 1.807) is 64.8 Å². The predicted octanol–water partition coefficient (Wildman–Crippen LogP) is 6.14. The van der Waals surface area contributed by atoms with Gasteiger partial charge in [-0.15, -0.1) is 0 Å². The molecule has 14 atom stereocenters. The van der Waals surface area contributed by atoms with E-state index >= 15 is 4.39 Å². The Kier molecular flexibility index (Phi) is 20.8. The minimum atomic E-state index is -3.43. The van der Waals surface area contributed by atoms with Crippen LogP contribution >= 0.6 is 0 Å². The van der Waals surface area contributed by atoms with Crippen molar-refractivity contribution in [3.05, 3.63) is 83.4 Å². The minimum Gasteiger partial charge on any atom is -0.457 e. The molecule has 3 aliphatic rings. The number of aliphatic imine (C=N–C) groups is 1. The van der Waals surface area contributed by atoms with Crippen molar-refractivity contribution in [2.75, 3.05) is 39.7 Å². The van der Waals surface area contributed by atoms with E-state index in [1.165, 1.54) is 32.9 Å². The number of fused-ring (bicyclic) bond motifs is 5. The molecule has 3 aliphatic heterocycles. The molecule has 0 aromatic heterocycles. The molecule has 3 N–H and O–H groups in total. The first kappa shape index (κ1) is 60.3. The van der Waals surface area contributed by atoms with Crippen LogP contribution in [0.2, 0.25) is 0 Å². The summed E-state index contributed by atoms with van der Waals surface area (Å²) in [5.41, 5.74) is -4.52. The van der Waals surface area contributed by atoms with Gasteiger partial charge in [0.05, 0.1) is 48.1 Å². The Labute approximate surface area is 435 Å². The van der Waals surface area contributed by atoms with E-state index in [0.717, 1.165) is 18.7 Å². The fourth-order valence-corrected chi connectivity index (χ4v) is 11.1. The Hall–Kier alpha value is -4.60. The maximum Gasteiger partial charge on any atom is 0.351 e. The fraction of sp³-hybridized carbons (Fsp3) is 0.618. The zero-order valence-corrected chi connectivity index (χ0v) is 45.4. The van der Waals surface area contributed by atoms with Crippen LogP contribution < -0.4 is 5.32 Å². The molecule has 2 amide bonds. The van der Waals surface area contributed by atoms with Gasteiger partial charge >= 0.3 is 5.97 Å². The number of esters is 1. The normalized spacial score (nSPS) is 34.4. The first-order valence-corrected chi connectivity index (χ1v) is 27.3. The number of cyclic esters (lactones) is 1. The molecular weight excluding hydrogens is 981 g/mol. The molecule has 3 saturated heterocycles. The number of amides is 2. The molecule has 3 heterocycles. The second-order valence-electron chi connectivity index (χ2n) is 21.0. The van der Waals surface area contributed by atoms with Crippen LogP contribution in [-0.2, 0) is 59.1 Å². The number of carbonyl (C=O) groups excluding carboxylic acids is 4. The number of hydrogen-bond acceptors (Lipinski definition) is 14. The molecular formula is C55H77F2N3O13S. The van der Waals surface area contributed by atoms with Crippen molar-refractivity contribution >= 4 is 45.2 Å². The Morgan fingerprint density at radius 3 is 2.30 bits per heavy atom. The standard InChI is InChI=1S/C55H77F2N3O13S/c1-12-44-55(9,66)50-35(4)46(58-37(6)61)33(2)29-53(7,70-32-40(31-69-50)20-16-19-38-17-14-13-15-18-38)49(36(5)48(64)54(8,57)52(65)72-44)73-51-47(63)43(27-34(3)71-51)60(10)26-25-45(62)59-41(30-56)28-39-21-23-42(24-22-39)74(11,67)68/h13-24,33-36,41,43-44,47,49-51,63,66H,12,25-32H2,1-11H3,(H,59,62)/b19-16+,40-20+,58-46?/t33-,34-,35+,36+,41+,43+,44-,47-,49-,50?,51+,53?,54?,55?/m1/s1. The van der Waals surface area contributed by atoms with Gasteiger partial charge in [0, 0.05) is 49.7 Å². The van der Waals surface area contributed by atoms with Gasteiger partial charge in [-0.3, -0.25) is 14.4 Å². The molecule has 16 nitrogen and oxygen atoms in total. The SMILES string of the molecule is CC[C@H]1OC(=O)C(C)(F)C(=O)[C@H](C)[C@@H](O[C@@H]2O[C@H](C)C[C@H](N(C)CCC(=O)N[C@H](CF)Cc3ccc(S(C)(=O)=O)cc3)[C@H]2O)C2(C)C[C@@H](C)C(=NC(C)=O)[C@H](C)C(OC/C(=C\C=C\c3ccccc3)CO2)C1(C)O. The van der Waals surface area contributed by atoms with Crippen molar-refractivity contribution < 1.29 is 70.3 Å². The summed E-state index contributed by atoms with van der Waals surface area (Å²) in [4.78, 5) is 61.3. The van der Waals surface area contributed by atoms with Crippen molar-refractivity contribution in [2.24, 2.45) is 22.7 Å². The van der Waals surface area contributed by atoms with Gasteiger partial charge in [0.25, 0.3) is 5.67 Å². The Morgan fingerprint density at radius 2 is 1.69 bits per heavy atom. The van der Waals surface area contributed by atoms with E-state index in [9.17, 15) is 42.2 Å². The Balaban J connectivity index is 1.52. The number of sulfone groups is 1. The number of nitrogens with one attached hydrogen (secondary N) is 1. The Morgan fingerprint density at radius 1 is 1.03 bits per heavy atom. The molecule has 0 saturated carbocycles. The second kappa shape index (κ2) is 25.5. The zero-order valence-electron chi connectivity index (χ0n) is 44.6. The van der Waals surface area contributed by atoms with Crippen molar-refractivity contribution in [1.29, 1.82) is 0 Å². The summed E-state index contributed by atoms with van der Waals surface area (Å²) in [6.45, 7) is 12.4. The molecule has 5 rings (SSSR count). The lowest BCUT2D eigenvalue weighted by atomic mass is 9.73. The number of likely N-dealkylation sites (N-methyl/N-ethyl adjacent to an activating group) is 1. The molecule has 2 bridgehead atoms. The highest BCUT2D eigenvalue weighted by atomic mass is 32.2. The third-order valence-corrected chi connectivity index (χ3v) is 15.7. The van der Waals surface area contributed by atoms with Gasteiger partial charge in [-0.05, 0) is 95.2 Å². The van der Waals surface area contributed by atoms with Crippen LogP contribution in [0.5, 0.6) is 0 Å². The summed E-state index contributed by atoms with van der Waals surface area (Å²) >= 11 is 0. The number of nitrogens with zero attached hydrogens (tertiary/aromatic N) is 2. The fourth-order valence-electron chi connectivity index (χ4n) is 10.5. The van der Waals surface area contributed by atoms with E-state index in [0.29, 0.717) is 16.8 Å². The minimum absolute atomic E-state index is 0.0196. The average molecular weight is 1060 g/mol. The van der Waals surface area contributed by atoms with Crippen LogP contribution in [0.4, 0.5) is 8.78 Å². The van der Waals surface area contributed by atoms with Crippen LogP contribution in [0.25, 0.3) is 6.08 Å². The van der Waals surface area contributed by atoms with Crippen molar-refractivity contribution in [3.63, 3.8) is 0 Å². The molecule has 0 radical (unpaired) electrons. The number of alkyl halides is 2. The lowest BCUT2D eigenvalue weighted by molar-refractivity contribution is -0.297. The molecule has 74 heavy (non-hydrogen) atoms. The summed E-state index contributed by atoms with van der Waals surface area (Å²) in [6.07, 6.45) is -0.788. The second-order valence-corrected chi connectivity index (χ2v) is 23.0. The summed E-state index contributed by atoms with van der Waals surface area (Å²) in [5, 5.41) is 27.4. The quantitative estimate of drug-likeness (QED) is 0.143. The number of allylic oxidation sites excluding steroid dienone is 2. The van der Waals surface area contributed by atoms with E-state index < -0.39 is 124 Å². The number of rotatable bonds is 14. The number of halogens is 2. The zero-order chi connectivity index (χ0) is 54.9. The lowest BCUT2D eigenvalue weighted by Crippen LogP contribution is -2.61. The van der Waals surface area contributed by atoms with Crippen molar-refractivity contribution in [1.82, 2.24) is 10.2 Å². The molecule has 19 heteroatoms. The number of ether oxygens (including phenoxy) is 5. The van der Waals surface area contributed by atoms with E-state index in [2.05, 4.69) is 10.3 Å². The number of carbonyl (C=O) groups is 4. The number of ketones is 1. The topological polar surface area (TPSA) is 217 Å². The van der Waals surface area contributed by atoms with Gasteiger partial charge in [0.1, 0.15) is 24.5 Å². The molecule has 3 fully saturated rings. The van der Waals surface area contributed by atoms with Crippen LogP contribution in [0.15, 0.2) is 82.2 Å². The molecule has 2 aromatic rings. The maximum absolute atomic E-state index is 17.2. The largest absolute Gasteiger partial charge is 0.457 e. The first-order valence-electron chi connectivity index (χ1n) is 25.4. The van der Waals surface area contributed by atoms with E-state index in [-0.39, 0.29) is 56.8 Å². The highest BCUT2D eigenvalue weighted by Crippen LogP contribution is 2.41. The summed E-state index contributed by atoms with van der Waals surface area (Å²) in [5.74, 6) is -6.79. The maximum atomic E-state index is 17.2. The third kappa shape index (κ3) is 15.1. The van der Waals surface area contributed by atoms with Crippen LogP contribution in [0, 0.1) is 17.8 Å². The Bertz CT molecular complexity index is 2470. The molecule has 4 unspecified atom stereocenters. The highest BCUT2D eigenvalue weighted by Gasteiger charge is 2.57. The smallest absolute Gasteiger partial charge is 0.351 e. The van der Waals surface area contributed by atoms with Gasteiger partial charge in [0.15, 0.2) is 21.9 Å². The van der Waals surface area contributed by atoms with Gasteiger partial charge in [-0.25, -0.2) is 27.0 Å². The molecule has 2 aromatic carbocycles. The summed E-state index contributed by atoms with van der Waals surface area (Å²) in [6, 6.07) is 14.0. The summed E-state index contributed by atoms with van der Waals surface area (Å²) in [7, 11) is -1.73. The van der Waals surface area contributed by atoms with Gasteiger partial charge < -0.3 is 44.1 Å². The number of aliphatic hydroxyl groups excluding tert-OH is 1. The number of benzene rings is 2. The molecule has 0 spiro atoms. The number of Topliss-reactive ketones (excluding diaryl/α,β-unsaturated/α-hetero) is 1. The van der Waals surface area contributed by atoms with Crippen molar-refractivity contribution in [3.8, 4) is 0 Å². The first-order chi connectivity index (χ1) is 34.6. The van der Waals surface area contributed by atoms with Crippen molar-refractivity contribution in [2.45, 2.75) is 165 Å². The highest BCUT2D eigenvalue weighted by molar-refractivity contribution is 7.90. The van der Waals surface area contributed by atoms with E-state index in [4.69, 9.17) is 23.7 Å². The number of aliphatic hydroxyl groups is 2.